The van der Waals surface area contributed by atoms with Crippen LogP contribution in [0.15, 0.2) is 12.1 Å². The number of carbonyl (C=O) groups is 2. The fourth-order valence-corrected chi connectivity index (χ4v) is 2.83. The van der Waals surface area contributed by atoms with Crippen LogP contribution in [0.4, 0.5) is 10.1 Å². The third-order valence-electron chi connectivity index (χ3n) is 4.12. The van der Waals surface area contributed by atoms with E-state index in [4.69, 9.17) is 9.84 Å². The van der Waals surface area contributed by atoms with Crippen LogP contribution in [-0.4, -0.2) is 57.7 Å². The van der Waals surface area contributed by atoms with Crippen molar-refractivity contribution < 1.29 is 33.9 Å². The van der Waals surface area contributed by atoms with E-state index in [9.17, 15) is 29.2 Å². The van der Waals surface area contributed by atoms with Gasteiger partial charge in [-0.15, -0.1) is 0 Å². The fourth-order valence-electron chi connectivity index (χ4n) is 2.83. The number of rotatable bonds is 8. The monoisotopic (exact) mass is 370 g/mol. The van der Waals surface area contributed by atoms with Crippen molar-refractivity contribution >= 4 is 17.6 Å². The highest BCUT2D eigenvalue weighted by atomic mass is 19.1. The molecule has 1 atom stereocenters. The van der Waals surface area contributed by atoms with Crippen molar-refractivity contribution in [2.24, 2.45) is 0 Å². The maximum Gasteiger partial charge on any atom is 0.303 e. The van der Waals surface area contributed by atoms with Crippen molar-refractivity contribution in [3.8, 4) is 5.75 Å². The molecule has 1 amide bonds. The van der Waals surface area contributed by atoms with E-state index in [0.29, 0.717) is 19.4 Å². The first-order valence-electron chi connectivity index (χ1n) is 8.09. The van der Waals surface area contributed by atoms with Gasteiger partial charge in [0.05, 0.1) is 30.2 Å². The summed E-state index contributed by atoms with van der Waals surface area (Å²) in [7, 11) is 0. The largest absolute Gasteiger partial charge is 0.490 e. The Hall–Kier alpha value is -2.75. The Bertz CT molecular complexity index is 710. The van der Waals surface area contributed by atoms with Crippen LogP contribution in [-0.2, 0) is 4.79 Å². The molecule has 0 unspecified atom stereocenters. The van der Waals surface area contributed by atoms with Crippen LogP contribution in [0, 0.1) is 15.9 Å². The van der Waals surface area contributed by atoms with Crippen molar-refractivity contribution in [2.45, 2.75) is 31.7 Å². The van der Waals surface area contributed by atoms with Crippen LogP contribution in [0.2, 0.25) is 0 Å². The van der Waals surface area contributed by atoms with E-state index in [-0.39, 0.29) is 26.1 Å². The maximum absolute atomic E-state index is 14.2. The first-order chi connectivity index (χ1) is 12.3. The molecule has 0 spiro atoms. The van der Waals surface area contributed by atoms with Gasteiger partial charge in [0.15, 0.2) is 11.6 Å². The Kier molecular flexibility index (Phi) is 6.45. The SMILES string of the molecule is O=C(O)CCCOc1cc([N+](=O)[O-])c(C(=O)N2CCC[C@H]2CO)cc1F. The lowest BCUT2D eigenvalue weighted by atomic mass is 10.1. The molecule has 26 heavy (non-hydrogen) atoms. The number of aliphatic hydroxyl groups excluding tert-OH is 1. The Morgan fingerprint density at radius 3 is 2.77 bits per heavy atom. The van der Waals surface area contributed by atoms with Gasteiger partial charge in [-0.2, -0.15) is 0 Å². The Balaban J connectivity index is 2.24. The molecule has 0 saturated carbocycles. The Labute approximate surface area is 148 Å². The van der Waals surface area contributed by atoms with Crippen molar-refractivity contribution in [3.05, 3.63) is 33.6 Å². The summed E-state index contributed by atoms with van der Waals surface area (Å²) in [4.78, 5) is 34.8. The summed E-state index contributed by atoms with van der Waals surface area (Å²) in [6.45, 7) is -0.0740. The zero-order valence-electron chi connectivity index (χ0n) is 13.9. The van der Waals surface area contributed by atoms with E-state index in [2.05, 4.69) is 0 Å². The molecular formula is C16H19FN2O7. The zero-order valence-corrected chi connectivity index (χ0v) is 13.9. The van der Waals surface area contributed by atoms with Gasteiger partial charge in [-0.1, -0.05) is 0 Å². The smallest absolute Gasteiger partial charge is 0.303 e. The van der Waals surface area contributed by atoms with Crippen molar-refractivity contribution in [1.82, 2.24) is 4.90 Å². The number of ether oxygens (including phenoxy) is 1. The predicted octanol–water partition coefficient (Wildman–Crippen LogP) is 1.57. The van der Waals surface area contributed by atoms with Crippen LogP contribution in [0.1, 0.15) is 36.0 Å². The summed E-state index contributed by atoms with van der Waals surface area (Å²) in [5.74, 6) is -3.12. The number of hydrogen-bond acceptors (Lipinski definition) is 6. The van der Waals surface area contributed by atoms with Gasteiger partial charge in [0.1, 0.15) is 5.56 Å². The highest BCUT2D eigenvalue weighted by molar-refractivity contribution is 5.98. The van der Waals surface area contributed by atoms with Gasteiger partial charge in [-0.25, -0.2) is 4.39 Å². The summed E-state index contributed by atoms with van der Waals surface area (Å²) < 4.78 is 19.3. The number of aliphatic hydroxyl groups is 1. The number of benzene rings is 1. The highest BCUT2D eigenvalue weighted by Crippen LogP contribution is 2.31. The van der Waals surface area contributed by atoms with Crippen LogP contribution in [0.25, 0.3) is 0 Å². The lowest BCUT2D eigenvalue weighted by Crippen LogP contribution is -2.38. The Morgan fingerprint density at radius 1 is 1.42 bits per heavy atom. The molecule has 0 bridgehead atoms. The van der Waals surface area contributed by atoms with Crippen LogP contribution < -0.4 is 4.74 Å². The number of carbonyl (C=O) groups excluding carboxylic acids is 1. The standard InChI is InChI=1S/C16H19FN2O7/c17-12-7-11(16(23)18-5-1-3-10(18)9-20)13(19(24)25)8-14(12)26-6-2-4-15(21)22/h7-8,10,20H,1-6,9H2,(H,21,22)/t10-/m0/s1. The van der Waals surface area contributed by atoms with Gasteiger partial charge in [0, 0.05) is 13.0 Å². The normalized spacial score (nSPS) is 16.5. The number of nitrogens with zero attached hydrogens (tertiary/aromatic N) is 2. The van der Waals surface area contributed by atoms with Gasteiger partial charge in [0.2, 0.25) is 0 Å². The molecule has 0 radical (unpaired) electrons. The minimum Gasteiger partial charge on any atom is -0.490 e. The molecule has 1 aromatic carbocycles. The zero-order chi connectivity index (χ0) is 19.3. The van der Waals surface area contributed by atoms with E-state index in [1.165, 1.54) is 4.90 Å². The molecular weight excluding hydrogens is 351 g/mol. The van der Waals surface area contributed by atoms with Gasteiger partial charge in [-0.3, -0.25) is 19.7 Å². The molecule has 142 valence electrons. The Morgan fingerprint density at radius 2 is 2.15 bits per heavy atom. The molecule has 1 aromatic rings. The maximum atomic E-state index is 14.2. The molecule has 1 saturated heterocycles. The second kappa shape index (κ2) is 8.56. The van der Waals surface area contributed by atoms with Crippen LogP contribution >= 0.6 is 0 Å². The summed E-state index contributed by atoms with van der Waals surface area (Å²) >= 11 is 0. The number of amides is 1. The highest BCUT2D eigenvalue weighted by Gasteiger charge is 2.33. The van der Waals surface area contributed by atoms with Gasteiger partial charge >= 0.3 is 5.97 Å². The average Bonchev–Trinajstić information content (AvgIpc) is 3.07. The first-order valence-corrected chi connectivity index (χ1v) is 8.09. The topological polar surface area (TPSA) is 130 Å². The van der Waals surface area contributed by atoms with Gasteiger partial charge in [-0.05, 0) is 25.3 Å². The lowest BCUT2D eigenvalue weighted by Gasteiger charge is -2.23. The van der Waals surface area contributed by atoms with Crippen molar-refractivity contribution in [1.29, 1.82) is 0 Å². The molecule has 1 heterocycles. The number of nitro benzene ring substituents is 1. The number of carboxylic acids is 1. The first kappa shape index (κ1) is 19.6. The minimum absolute atomic E-state index is 0.106. The number of likely N-dealkylation sites (tertiary alicyclic amines) is 1. The van der Waals surface area contributed by atoms with Crippen LogP contribution in [0.5, 0.6) is 5.75 Å². The lowest BCUT2D eigenvalue weighted by molar-refractivity contribution is -0.385. The van der Waals surface area contributed by atoms with E-state index in [1.54, 1.807) is 0 Å². The molecule has 1 fully saturated rings. The molecule has 2 N–H and O–H groups in total. The van der Waals surface area contributed by atoms with Gasteiger partial charge < -0.3 is 19.8 Å². The molecule has 9 nitrogen and oxygen atoms in total. The summed E-state index contributed by atoms with van der Waals surface area (Å²) in [6, 6.07) is 1.13. The molecule has 0 aromatic heterocycles. The molecule has 0 aliphatic carbocycles. The number of carboxylic acid groups (broad SMARTS) is 1. The summed E-state index contributed by atoms with van der Waals surface area (Å²) in [5.41, 5.74) is -1.01. The molecule has 1 aliphatic rings. The number of hydrogen-bond donors (Lipinski definition) is 2. The minimum atomic E-state index is -1.04. The molecule has 2 rings (SSSR count). The quantitative estimate of drug-likeness (QED) is 0.403. The number of nitro groups is 1. The average molecular weight is 370 g/mol. The summed E-state index contributed by atoms with van der Waals surface area (Å²) in [5, 5.41) is 29.2. The van der Waals surface area contributed by atoms with Crippen molar-refractivity contribution in [2.75, 3.05) is 19.8 Å². The third-order valence-corrected chi connectivity index (χ3v) is 4.12. The van der Waals surface area contributed by atoms with Crippen molar-refractivity contribution in [3.63, 3.8) is 0 Å². The van der Waals surface area contributed by atoms with E-state index in [1.807, 2.05) is 0 Å². The predicted molar refractivity (Wildman–Crippen MR) is 86.6 cm³/mol. The van der Waals surface area contributed by atoms with Crippen LogP contribution in [0.3, 0.4) is 0 Å². The fraction of sp³-hybridized carbons (Fsp3) is 0.500. The van der Waals surface area contributed by atoms with Gasteiger partial charge in [0.25, 0.3) is 11.6 Å². The van der Waals surface area contributed by atoms with E-state index < -0.39 is 45.7 Å². The molecule has 10 heteroatoms. The molecule has 1 aliphatic heterocycles. The van der Waals surface area contributed by atoms with E-state index >= 15 is 0 Å². The number of halogens is 1. The summed E-state index contributed by atoms with van der Waals surface area (Å²) in [6.07, 6.45) is 1.15. The second-order valence-electron chi connectivity index (χ2n) is 5.88. The second-order valence-corrected chi connectivity index (χ2v) is 5.88. The number of aliphatic carboxylic acids is 1. The van der Waals surface area contributed by atoms with E-state index in [0.717, 1.165) is 12.1 Å². The third kappa shape index (κ3) is 4.45.